The molecule has 0 aliphatic heterocycles. The summed E-state index contributed by atoms with van der Waals surface area (Å²) >= 11 is 0. The second-order valence-corrected chi connectivity index (χ2v) is 7.34. The van der Waals surface area contributed by atoms with Crippen LogP contribution in [0.5, 0.6) is 0 Å². The van der Waals surface area contributed by atoms with Gasteiger partial charge >= 0.3 is 0 Å². The highest BCUT2D eigenvalue weighted by molar-refractivity contribution is 5.83. The molecule has 1 aromatic rings. The normalized spacial score (nSPS) is 37.9. The Labute approximate surface area is 134 Å². The largest absolute Gasteiger partial charge is 0.396 e. The summed E-state index contributed by atoms with van der Waals surface area (Å²) in [6.45, 7) is 0.128. The standard InChI is InChI=1S/C18H21F2NO2/c19-15-4-3-10(6-16(15)20)12-7-13(12)18(23)21-17-11-2-1-9(5-11)14(17)8-22/h3-4,6,9,11-14,17,22H,1-2,5,7-8H2,(H,21,23). The zero-order valence-corrected chi connectivity index (χ0v) is 12.8. The number of hydrogen-bond donors (Lipinski definition) is 2. The number of hydrogen-bond acceptors (Lipinski definition) is 2. The van der Waals surface area contributed by atoms with E-state index in [4.69, 9.17) is 0 Å². The fourth-order valence-corrected chi connectivity index (χ4v) is 4.77. The van der Waals surface area contributed by atoms with Gasteiger partial charge in [-0.25, -0.2) is 8.78 Å². The minimum absolute atomic E-state index is 0.00395. The number of amides is 1. The summed E-state index contributed by atoms with van der Waals surface area (Å²) in [5.74, 6) is -0.688. The first-order chi connectivity index (χ1) is 11.1. The summed E-state index contributed by atoms with van der Waals surface area (Å²) in [4.78, 5) is 12.5. The first-order valence-electron chi connectivity index (χ1n) is 8.44. The zero-order chi connectivity index (χ0) is 16.1. The molecule has 1 aromatic carbocycles. The van der Waals surface area contributed by atoms with E-state index in [1.807, 2.05) is 0 Å². The summed E-state index contributed by atoms with van der Waals surface area (Å²) in [5, 5.41) is 12.7. The Morgan fingerprint density at radius 1 is 1.17 bits per heavy atom. The molecule has 6 unspecified atom stereocenters. The third-order valence-corrected chi connectivity index (χ3v) is 6.11. The molecule has 4 rings (SSSR count). The number of carbonyl (C=O) groups excluding carboxylic acids is 1. The van der Waals surface area contributed by atoms with E-state index in [1.165, 1.54) is 6.07 Å². The Hall–Kier alpha value is -1.49. The van der Waals surface area contributed by atoms with Crippen LogP contribution in [0, 0.1) is 35.3 Å². The molecule has 3 aliphatic rings. The summed E-state index contributed by atoms with van der Waals surface area (Å²) in [6.07, 6.45) is 4.07. The maximum atomic E-state index is 13.3. The van der Waals surface area contributed by atoms with Crippen molar-refractivity contribution in [2.45, 2.75) is 37.6 Å². The van der Waals surface area contributed by atoms with E-state index in [1.54, 1.807) is 6.07 Å². The van der Waals surface area contributed by atoms with Crippen molar-refractivity contribution in [2.75, 3.05) is 6.61 Å². The van der Waals surface area contributed by atoms with Gasteiger partial charge in [-0.1, -0.05) is 6.07 Å². The number of carbonyl (C=O) groups is 1. The molecular formula is C18H21F2NO2. The van der Waals surface area contributed by atoms with E-state index in [0.29, 0.717) is 23.8 Å². The number of nitrogens with one attached hydrogen (secondary N) is 1. The maximum absolute atomic E-state index is 13.3. The number of halogens is 2. The smallest absolute Gasteiger partial charge is 0.223 e. The SMILES string of the molecule is O=C(NC1C2CCC(C2)C1CO)C1CC1c1ccc(F)c(F)c1. The van der Waals surface area contributed by atoms with Crippen LogP contribution in [0.1, 0.15) is 37.2 Å². The van der Waals surface area contributed by atoms with Gasteiger partial charge in [0.05, 0.1) is 0 Å². The molecule has 0 aromatic heterocycles. The Morgan fingerprint density at radius 3 is 2.70 bits per heavy atom. The lowest BCUT2D eigenvalue weighted by atomic mass is 9.85. The van der Waals surface area contributed by atoms with Crippen LogP contribution >= 0.6 is 0 Å². The van der Waals surface area contributed by atoms with Crippen molar-refractivity contribution < 1.29 is 18.7 Å². The molecule has 0 saturated heterocycles. The minimum atomic E-state index is -0.859. The van der Waals surface area contributed by atoms with Gasteiger partial charge in [0.25, 0.3) is 0 Å². The molecule has 3 saturated carbocycles. The monoisotopic (exact) mass is 321 g/mol. The van der Waals surface area contributed by atoms with Crippen LogP contribution in [0.4, 0.5) is 8.78 Å². The van der Waals surface area contributed by atoms with Crippen molar-refractivity contribution in [3.63, 3.8) is 0 Å². The molecule has 23 heavy (non-hydrogen) atoms. The molecule has 0 radical (unpaired) electrons. The van der Waals surface area contributed by atoms with Crippen molar-refractivity contribution in [1.29, 1.82) is 0 Å². The lowest BCUT2D eigenvalue weighted by Gasteiger charge is -2.30. The zero-order valence-electron chi connectivity index (χ0n) is 12.8. The first-order valence-corrected chi connectivity index (χ1v) is 8.44. The maximum Gasteiger partial charge on any atom is 0.223 e. The second-order valence-electron chi connectivity index (χ2n) is 7.34. The van der Waals surface area contributed by atoms with Gasteiger partial charge in [-0.3, -0.25) is 4.79 Å². The van der Waals surface area contributed by atoms with Crippen molar-refractivity contribution in [3.05, 3.63) is 35.4 Å². The topological polar surface area (TPSA) is 49.3 Å². The van der Waals surface area contributed by atoms with Gasteiger partial charge in [0.2, 0.25) is 5.91 Å². The number of rotatable bonds is 4. The van der Waals surface area contributed by atoms with Gasteiger partial charge in [0.1, 0.15) is 0 Å². The summed E-state index contributed by atoms with van der Waals surface area (Å²) in [5.41, 5.74) is 0.690. The van der Waals surface area contributed by atoms with Gasteiger partial charge in [0, 0.05) is 24.5 Å². The van der Waals surface area contributed by atoms with Crippen LogP contribution < -0.4 is 5.32 Å². The van der Waals surface area contributed by atoms with Gasteiger partial charge in [0.15, 0.2) is 11.6 Å². The highest BCUT2D eigenvalue weighted by Gasteiger charge is 2.50. The van der Waals surface area contributed by atoms with Crippen LogP contribution in [0.2, 0.25) is 0 Å². The van der Waals surface area contributed by atoms with E-state index in [2.05, 4.69) is 5.32 Å². The van der Waals surface area contributed by atoms with Crippen LogP contribution in [0.25, 0.3) is 0 Å². The molecule has 1 amide bonds. The Kier molecular flexibility index (Phi) is 3.63. The lowest BCUT2D eigenvalue weighted by molar-refractivity contribution is -0.124. The third-order valence-electron chi connectivity index (χ3n) is 6.11. The van der Waals surface area contributed by atoms with Crippen LogP contribution in [-0.4, -0.2) is 23.7 Å². The van der Waals surface area contributed by atoms with Crippen LogP contribution in [0.3, 0.4) is 0 Å². The third kappa shape index (κ3) is 2.55. The predicted molar refractivity (Wildman–Crippen MR) is 80.5 cm³/mol. The van der Waals surface area contributed by atoms with Crippen molar-refractivity contribution in [2.24, 2.45) is 23.7 Å². The van der Waals surface area contributed by atoms with Gasteiger partial charge < -0.3 is 10.4 Å². The van der Waals surface area contributed by atoms with Crippen molar-refractivity contribution in [1.82, 2.24) is 5.32 Å². The van der Waals surface area contributed by atoms with Gasteiger partial charge in [-0.2, -0.15) is 0 Å². The van der Waals surface area contributed by atoms with Gasteiger partial charge in [-0.05, 0) is 61.1 Å². The summed E-state index contributed by atoms with van der Waals surface area (Å²) in [7, 11) is 0. The number of benzene rings is 1. The summed E-state index contributed by atoms with van der Waals surface area (Å²) in [6, 6.07) is 3.96. The van der Waals surface area contributed by atoms with E-state index in [-0.39, 0.29) is 36.3 Å². The quantitative estimate of drug-likeness (QED) is 0.895. The average Bonchev–Trinajstić information content (AvgIpc) is 3.10. The Balaban J connectivity index is 1.40. The molecule has 3 fully saturated rings. The number of aliphatic hydroxyl groups is 1. The van der Waals surface area contributed by atoms with Gasteiger partial charge in [-0.15, -0.1) is 0 Å². The molecule has 5 heteroatoms. The predicted octanol–water partition coefficient (Wildman–Crippen LogP) is 2.59. The highest BCUT2D eigenvalue weighted by Crippen LogP contribution is 2.50. The molecule has 0 spiro atoms. The van der Waals surface area contributed by atoms with E-state index >= 15 is 0 Å². The van der Waals surface area contributed by atoms with Crippen molar-refractivity contribution >= 4 is 5.91 Å². The second kappa shape index (κ2) is 5.55. The average molecular weight is 321 g/mol. The lowest BCUT2D eigenvalue weighted by Crippen LogP contribution is -2.45. The van der Waals surface area contributed by atoms with E-state index < -0.39 is 11.6 Å². The van der Waals surface area contributed by atoms with Crippen LogP contribution in [0.15, 0.2) is 18.2 Å². The molecule has 0 heterocycles. The fourth-order valence-electron chi connectivity index (χ4n) is 4.77. The Morgan fingerprint density at radius 2 is 1.96 bits per heavy atom. The van der Waals surface area contributed by atoms with Crippen molar-refractivity contribution in [3.8, 4) is 0 Å². The first kappa shape index (κ1) is 15.1. The van der Waals surface area contributed by atoms with E-state index in [0.717, 1.165) is 25.3 Å². The fraction of sp³-hybridized carbons (Fsp3) is 0.611. The van der Waals surface area contributed by atoms with Crippen LogP contribution in [-0.2, 0) is 4.79 Å². The number of aliphatic hydroxyl groups excluding tert-OH is 1. The molecule has 6 atom stereocenters. The van der Waals surface area contributed by atoms with E-state index in [9.17, 15) is 18.7 Å². The minimum Gasteiger partial charge on any atom is -0.396 e. The molecule has 3 nitrogen and oxygen atoms in total. The highest BCUT2D eigenvalue weighted by atomic mass is 19.2. The molecule has 124 valence electrons. The molecule has 3 aliphatic carbocycles. The number of fused-ring (bicyclic) bond motifs is 2. The molecule has 2 N–H and O–H groups in total. The Bertz CT molecular complexity index is 635. The molecule has 2 bridgehead atoms. The summed E-state index contributed by atoms with van der Waals surface area (Å²) < 4.78 is 26.3. The molecular weight excluding hydrogens is 300 g/mol.